The molecule has 2 rings (SSSR count). The van der Waals surface area contributed by atoms with Crippen molar-refractivity contribution in [2.45, 2.75) is 45.3 Å². The number of hydrogen-bond donors (Lipinski definition) is 2. The third-order valence-electron chi connectivity index (χ3n) is 3.39. The van der Waals surface area contributed by atoms with Crippen molar-refractivity contribution in [3.8, 4) is 0 Å². The molecule has 1 fully saturated rings. The zero-order chi connectivity index (χ0) is 15.5. The molecule has 116 valence electrons. The molecule has 1 aliphatic rings. The van der Waals surface area contributed by atoms with Gasteiger partial charge in [-0.3, -0.25) is 0 Å². The summed E-state index contributed by atoms with van der Waals surface area (Å²) in [4.78, 5) is 13.9. The average molecular weight is 291 g/mol. The summed E-state index contributed by atoms with van der Waals surface area (Å²) in [5, 5.41) is 3.42. The monoisotopic (exact) mass is 291 g/mol. The summed E-state index contributed by atoms with van der Waals surface area (Å²) < 4.78 is 5.43. The molecular formula is C16H25N3O2. The van der Waals surface area contributed by atoms with Crippen molar-refractivity contribution >= 4 is 17.5 Å². The number of nitrogens with zero attached hydrogens (tertiary/aromatic N) is 1. The number of benzene rings is 1. The molecule has 1 atom stereocenters. The van der Waals surface area contributed by atoms with Gasteiger partial charge in [-0.15, -0.1) is 0 Å². The van der Waals surface area contributed by atoms with E-state index in [0.29, 0.717) is 6.54 Å². The molecule has 1 heterocycles. The summed E-state index contributed by atoms with van der Waals surface area (Å²) >= 11 is 0. The number of anilines is 2. The van der Waals surface area contributed by atoms with E-state index in [9.17, 15) is 4.79 Å². The van der Waals surface area contributed by atoms with Gasteiger partial charge in [0.15, 0.2) is 0 Å². The van der Waals surface area contributed by atoms with Gasteiger partial charge < -0.3 is 20.7 Å². The fourth-order valence-electron chi connectivity index (χ4n) is 2.44. The Hall–Kier alpha value is -1.91. The van der Waals surface area contributed by atoms with Crippen molar-refractivity contribution in [1.82, 2.24) is 4.90 Å². The predicted molar refractivity (Wildman–Crippen MR) is 85.3 cm³/mol. The summed E-state index contributed by atoms with van der Waals surface area (Å²) in [7, 11) is 0. The molecule has 5 nitrogen and oxygen atoms in total. The van der Waals surface area contributed by atoms with Crippen molar-refractivity contribution in [2.75, 3.05) is 24.1 Å². The number of likely N-dealkylation sites (tertiary alicyclic amines) is 1. The largest absolute Gasteiger partial charge is 0.444 e. The molecule has 0 unspecified atom stereocenters. The fourth-order valence-corrected chi connectivity index (χ4v) is 2.44. The molecule has 1 aromatic rings. The van der Waals surface area contributed by atoms with E-state index in [4.69, 9.17) is 10.5 Å². The van der Waals surface area contributed by atoms with Crippen molar-refractivity contribution in [2.24, 2.45) is 0 Å². The molecule has 21 heavy (non-hydrogen) atoms. The van der Waals surface area contributed by atoms with Crippen LogP contribution >= 0.6 is 0 Å². The van der Waals surface area contributed by atoms with Gasteiger partial charge in [-0.25, -0.2) is 4.79 Å². The number of nitrogens with two attached hydrogens (primary N) is 1. The first kappa shape index (κ1) is 15.5. The lowest BCUT2D eigenvalue weighted by atomic mass is 10.1. The highest BCUT2D eigenvalue weighted by molar-refractivity contribution is 5.69. The third kappa shape index (κ3) is 4.55. The first-order chi connectivity index (χ1) is 9.85. The van der Waals surface area contributed by atoms with Gasteiger partial charge >= 0.3 is 6.09 Å². The number of nitrogen functional groups attached to an aromatic ring is 1. The van der Waals surface area contributed by atoms with Crippen molar-refractivity contribution in [3.05, 3.63) is 24.3 Å². The van der Waals surface area contributed by atoms with Crippen molar-refractivity contribution in [1.29, 1.82) is 0 Å². The number of para-hydroxylation sites is 2. The zero-order valence-corrected chi connectivity index (χ0v) is 13.1. The van der Waals surface area contributed by atoms with Crippen LogP contribution in [0.1, 0.15) is 33.6 Å². The van der Waals surface area contributed by atoms with Crippen LogP contribution in [0.5, 0.6) is 0 Å². The number of piperidine rings is 1. The van der Waals surface area contributed by atoms with Gasteiger partial charge in [-0.05, 0) is 45.7 Å². The first-order valence-electron chi connectivity index (χ1n) is 7.44. The van der Waals surface area contributed by atoms with Crippen LogP contribution in [0, 0.1) is 0 Å². The summed E-state index contributed by atoms with van der Waals surface area (Å²) in [5.41, 5.74) is 7.14. The van der Waals surface area contributed by atoms with E-state index in [2.05, 4.69) is 5.32 Å². The second kappa shape index (κ2) is 6.24. The molecule has 1 saturated heterocycles. The highest BCUT2D eigenvalue weighted by atomic mass is 16.6. The number of carbonyl (C=O) groups is 1. The highest BCUT2D eigenvalue weighted by Gasteiger charge is 2.27. The van der Waals surface area contributed by atoms with Gasteiger partial charge in [0.05, 0.1) is 11.4 Å². The molecule has 3 N–H and O–H groups in total. The highest BCUT2D eigenvalue weighted by Crippen LogP contribution is 2.22. The summed E-state index contributed by atoms with van der Waals surface area (Å²) in [6, 6.07) is 7.90. The molecule has 0 radical (unpaired) electrons. The maximum atomic E-state index is 12.1. The molecule has 5 heteroatoms. The van der Waals surface area contributed by atoms with Crippen LogP contribution < -0.4 is 11.1 Å². The minimum atomic E-state index is -0.457. The molecule has 0 saturated carbocycles. The first-order valence-corrected chi connectivity index (χ1v) is 7.44. The molecule has 1 aromatic carbocycles. The lowest BCUT2D eigenvalue weighted by Gasteiger charge is -2.35. The van der Waals surface area contributed by atoms with E-state index in [1.807, 2.05) is 45.0 Å². The average Bonchev–Trinajstić information content (AvgIpc) is 2.40. The Morgan fingerprint density at radius 3 is 2.76 bits per heavy atom. The minimum absolute atomic E-state index is 0.205. The quantitative estimate of drug-likeness (QED) is 0.822. The van der Waals surface area contributed by atoms with Crippen LogP contribution in [-0.4, -0.2) is 35.7 Å². The normalized spacial score (nSPS) is 19.2. The maximum absolute atomic E-state index is 12.1. The van der Waals surface area contributed by atoms with Gasteiger partial charge in [0.1, 0.15) is 5.60 Å². The molecule has 0 bridgehead atoms. The van der Waals surface area contributed by atoms with Gasteiger partial charge in [0, 0.05) is 19.1 Å². The van der Waals surface area contributed by atoms with E-state index < -0.39 is 5.60 Å². The topological polar surface area (TPSA) is 67.6 Å². The van der Waals surface area contributed by atoms with E-state index in [-0.39, 0.29) is 12.1 Å². The second-order valence-electron chi connectivity index (χ2n) is 6.50. The smallest absolute Gasteiger partial charge is 0.410 e. The number of nitrogens with one attached hydrogen (secondary N) is 1. The number of hydrogen-bond acceptors (Lipinski definition) is 4. The lowest BCUT2D eigenvalue weighted by molar-refractivity contribution is 0.0206. The molecule has 0 spiro atoms. The van der Waals surface area contributed by atoms with Crippen LogP contribution in [0.25, 0.3) is 0 Å². The van der Waals surface area contributed by atoms with Crippen LogP contribution in [0.4, 0.5) is 16.2 Å². The van der Waals surface area contributed by atoms with Crippen LogP contribution in [-0.2, 0) is 4.74 Å². The van der Waals surface area contributed by atoms with E-state index in [1.165, 1.54) is 0 Å². The maximum Gasteiger partial charge on any atom is 0.410 e. The standard InChI is InChI=1S/C16H25N3O2/c1-16(2,3)21-15(20)19-10-6-7-12(11-19)18-14-9-5-4-8-13(14)17/h4-5,8-9,12,18H,6-7,10-11,17H2,1-3H3/t12-/m1/s1. The van der Waals surface area contributed by atoms with Crippen LogP contribution in [0.2, 0.25) is 0 Å². The van der Waals surface area contributed by atoms with Gasteiger partial charge in [0.2, 0.25) is 0 Å². The molecule has 0 aromatic heterocycles. The Labute approximate surface area is 126 Å². The zero-order valence-electron chi connectivity index (χ0n) is 13.1. The van der Waals surface area contributed by atoms with Gasteiger partial charge in [-0.2, -0.15) is 0 Å². The van der Waals surface area contributed by atoms with Gasteiger partial charge in [0.25, 0.3) is 0 Å². The van der Waals surface area contributed by atoms with Crippen LogP contribution in [0.15, 0.2) is 24.3 Å². The Morgan fingerprint density at radius 1 is 1.38 bits per heavy atom. The SMILES string of the molecule is CC(C)(C)OC(=O)N1CCC[C@@H](Nc2ccccc2N)C1. The Balaban J connectivity index is 1.95. The minimum Gasteiger partial charge on any atom is -0.444 e. The second-order valence-corrected chi connectivity index (χ2v) is 6.50. The Morgan fingerprint density at radius 2 is 2.10 bits per heavy atom. The number of rotatable bonds is 2. The van der Waals surface area contributed by atoms with Crippen LogP contribution in [0.3, 0.4) is 0 Å². The molecule has 1 amide bonds. The number of amides is 1. The summed E-state index contributed by atoms with van der Waals surface area (Å²) in [5.74, 6) is 0. The number of ether oxygens (including phenoxy) is 1. The Kier molecular flexibility index (Phi) is 4.60. The lowest BCUT2D eigenvalue weighted by Crippen LogP contribution is -2.47. The third-order valence-corrected chi connectivity index (χ3v) is 3.39. The predicted octanol–water partition coefficient (Wildman–Crippen LogP) is 3.08. The summed E-state index contributed by atoms with van der Waals surface area (Å²) in [6.45, 7) is 7.04. The van der Waals surface area contributed by atoms with Crippen molar-refractivity contribution < 1.29 is 9.53 Å². The Bertz CT molecular complexity index is 497. The van der Waals surface area contributed by atoms with E-state index in [0.717, 1.165) is 30.8 Å². The fraction of sp³-hybridized carbons (Fsp3) is 0.562. The van der Waals surface area contributed by atoms with E-state index >= 15 is 0 Å². The van der Waals surface area contributed by atoms with Crippen molar-refractivity contribution in [3.63, 3.8) is 0 Å². The number of carbonyl (C=O) groups excluding carboxylic acids is 1. The van der Waals surface area contributed by atoms with Gasteiger partial charge in [-0.1, -0.05) is 12.1 Å². The molecule has 0 aliphatic carbocycles. The molecular weight excluding hydrogens is 266 g/mol. The molecule has 1 aliphatic heterocycles. The summed E-state index contributed by atoms with van der Waals surface area (Å²) in [6.07, 6.45) is 1.74. The van der Waals surface area contributed by atoms with E-state index in [1.54, 1.807) is 4.90 Å².